The van der Waals surface area contributed by atoms with Gasteiger partial charge in [0.05, 0.1) is 0 Å². The number of ether oxygens (including phenoxy) is 1. The Hall–Kier alpha value is -2.04. The number of nitrogens with zero attached hydrogens (tertiary/aromatic N) is 2. The van der Waals surface area contributed by atoms with Gasteiger partial charge in [-0.05, 0) is 37.8 Å². The van der Waals surface area contributed by atoms with E-state index in [1.54, 1.807) is 0 Å². The second kappa shape index (κ2) is 8.88. The standard InChI is InChI=1S/C20H30N2O3/c1-15(2)12-19(23)21-8-5-9-22(11-10-21)20(24)14-25-18-7-6-16(3)13-17(18)4/h6-7,13,15H,5,8-12,14H2,1-4H3. The van der Waals surface area contributed by atoms with E-state index >= 15 is 0 Å². The highest BCUT2D eigenvalue weighted by Crippen LogP contribution is 2.19. The van der Waals surface area contributed by atoms with Crippen molar-refractivity contribution < 1.29 is 14.3 Å². The fourth-order valence-corrected chi connectivity index (χ4v) is 3.09. The van der Waals surface area contributed by atoms with E-state index in [9.17, 15) is 9.59 Å². The number of carbonyl (C=O) groups is 2. The van der Waals surface area contributed by atoms with Crippen LogP contribution in [0.2, 0.25) is 0 Å². The highest BCUT2D eigenvalue weighted by Gasteiger charge is 2.22. The van der Waals surface area contributed by atoms with E-state index < -0.39 is 0 Å². The predicted octanol–water partition coefficient (Wildman–Crippen LogP) is 2.79. The van der Waals surface area contributed by atoms with Gasteiger partial charge in [0.25, 0.3) is 5.91 Å². The maximum atomic E-state index is 12.5. The first kappa shape index (κ1) is 19.3. The van der Waals surface area contributed by atoms with E-state index in [0.717, 1.165) is 24.3 Å². The number of hydrogen-bond donors (Lipinski definition) is 0. The first-order valence-electron chi connectivity index (χ1n) is 9.12. The van der Waals surface area contributed by atoms with Crippen LogP contribution in [0.25, 0.3) is 0 Å². The van der Waals surface area contributed by atoms with Gasteiger partial charge < -0.3 is 14.5 Å². The summed E-state index contributed by atoms with van der Waals surface area (Å²) in [6.45, 7) is 10.8. The zero-order valence-electron chi connectivity index (χ0n) is 15.9. The summed E-state index contributed by atoms with van der Waals surface area (Å²) in [7, 11) is 0. The molecule has 5 nitrogen and oxygen atoms in total. The number of aryl methyl sites for hydroxylation is 2. The van der Waals surface area contributed by atoms with E-state index in [1.165, 1.54) is 5.56 Å². The van der Waals surface area contributed by atoms with Crippen molar-refractivity contribution in [3.8, 4) is 5.75 Å². The van der Waals surface area contributed by atoms with Crippen molar-refractivity contribution in [1.29, 1.82) is 0 Å². The molecule has 0 radical (unpaired) electrons. The van der Waals surface area contributed by atoms with Gasteiger partial charge in [-0.2, -0.15) is 0 Å². The molecule has 5 heteroatoms. The summed E-state index contributed by atoms with van der Waals surface area (Å²) in [5.74, 6) is 1.29. The fraction of sp³-hybridized carbons (Fsp3) is 0.600. The van der Waals surface area contributed by atoms with Gasteiger partial charge in [-0.15, -0.1) is 0 Å². The summed E-state index contributed by atoms with van der Waals surface area (Å²) in [5, 5.41) is 0. The van der Waals surface area contributed by atoms with Crippen molar-refractivity contribution in [3.63, 3.8) is 0 Å². The topological polar surface area (TPSA) is 49.9 Å². The van der Waals surface area contributed by atoms with Crippen LogP contribution in [0.5, 0.6) is 5.75 Å². The molecule has 0 bridgehead atoms. The van der Waals surface area contributed by atoms with Crippen LogP contribution in [0, 0.1) is 19.8 Å². The van der Waals surface area contributed by atoms with Crippen LogP contribution < -0.4 is 4.74 Å². The maximum Gasteiger partial charge on any atom is 0.260 e. The van der Waals surface area contributed by atoms with Crippen LogP contribution in [0.1, 0.15) is 37.8 Å². The Labute approximate surface area is 150 Å². The monoisotopic (exact) mass is 346 g/mol. The molecule has 2 rings (SSSR count). The van der Waals surface area contributed by atoms with Gasteiger partial charge in [0.1, 0.15) is 5.75 Å². The van der Waals surface area contributed by atoms with Crippen LogP contribution in [-0.4, -0.2) is 54.4 Å². The van der Waals surface area contributed by atoms with Crippen molar-refractivity contribution in [3.05, 3.63) is 29.3 Å². The predicted molar refractivity (Wildman–Crippen MR) is 98.6 cm³/mol. The molecule has 25 heavy (non-hydrogen) atoms. The van der Waals surface area contributed by atoms with Crippen LogP contribution in [0.15, 0.2) is 18.2 Å². The number of benzene rings is 1. The van der Waals surface area contributed by atoms with Gasteiger partial charge in [0.15, 0.2) is 6.61 Å². The zero-order chi connectivity index (χ0) is 18.4. The van der Waals surface area contributed by atoms with Crippen molar-refractivity contribution in [2.24, 2.45) is 5.92 Å². The van der Waals surface area contributed by atoms with Gasteiger partial charge >= 0.3 is 0 Å². The fourth-order valence-electron chi connectivity index (χ4n) is 3.09. The minimum absolute atomic E-state index is 0.0156. The van der Waals surface area contributed by atoms with Gasteiger partial charge in [-0.3, -0.25) is 9.59 Å². The molecule has 1 aromatic rings. The Morgan fingerprint density at radius 2 is 1.68 bits per heavy atom. The summed E-state index contributed by atoms with van der Waals surface area (Å²) in [5.41, 5.74) is 2.21. The SMILES string of the molecule is Cc1ccc(OCC(=O)N2CCCN(C(=O)CC(C)C)CC2)c(C)c1. The molecule has 0 atom stereocenters. The number of rotatable bonds is 5. The van der Waals surface area contributed by atoms with Crippen LogP contribution in [0.4, 0.5) is 0 Å². The number of amides is 2. The summed E-state index contributed by atoms with van der Waals surface area (Å²) >= 11 is 0. The molecule has 0 aromatic heterocycles. The molecule has 2 amide bonds. The molecule has 0 spiro atoms. The molecule has 1 aliphatic heterocycles. The summed E-state index contributed by atoms with van der Waals surface area (Å²) < 4.78 is 5.70. The van der Waals surface area contributed by atoms with Gasteiger partial charge in [0, 0.05) is 32.6 Å². The molecular formula is C20H30N2O3. The summed E-state index contributed by atoms with van der Waals surface area (Å²) in [4.78, 5) is 28.4. The van der Waals surface area contributed by atoms with Gasteiger partial charge in [-0.1, -0.05) is 31.5 Å². The Bertz CT molecular complexity index is 613. The molecule has 138 valence electrons. The molecule has 0 N–H and O–H groups in total. The normalized spacial score (nSPS) is 15.2. The van der Waals surface area contributed by atoms with Crippen molar-refractivity contribution in [2.45, 2.75) is 40.5 Å². The molecule has 1 fully saturated rings. The number of carbonyl (C=O) groups excluding carboxylic acids is 2. The minimum Gasteiger partial charge on any atom is -0.484 e. The third kappa shape index (κ3) is 5.76. The first-order valence-corrected chi connectivity index (χ1v) is 9.12. The van der Waals surface area contributed by atoms with Crippen molar-refractivity contribution in [1.82, 2.24) is 9.80 Å². The second-order valence-electron chi connectivity index (χ2n) is 7.27. The van der Waals surface area contributed by atoms with Crippen molar-refractivity contribution in [2.75, 3.05) is 32.8 Å². The van der Waals surface area contributed by atoms with E-state index in [-0.39, 0.29) is 18.4 Å². The van der Waals surface area contributed by atoms with E-state index in [4.69, 9.17) is 4.74 Å². The van der Waals surface area contributed by atoms with Crippen LogP contribution in [-0.2, 0) is 9.59 Å². The van der Waals surface area contributed by atoms with E-state index in [0.29, 0.717) is 32.0 Å². The minimum atomic E-state index is -0.0156. The lowest BCUT2D eigenvalue weighted by Gasteiger charge is -2.23. The lowest BCUT2D eigenvalue weighted by molar-refractivity contribution is -0.135. The highest BCUT2D eigenvalue weighted by molar-refractivity contribution is 5.78. The van der Waals surface area contributed by atoms with Crippen LogP contribution in [0.3, 0.4) is 0 Å². The smallest absolute Gasteiger partial charge is 0.260 e. The molecule has 1 saturated heterocycles. The summed E-state index contributed by atoms with van der Waals surface area (Å²) in [6, 6.07) is 5.94. The third-order valence-electron chi connectivity index (χ3n) is 4.47. The lowest BCUT2D eigenvalue weighted by Crippen LogP contribution is -2.39. The Balaban J connectivity index is 1.85. The van der Waals surface area contributed by atoms with Gasteiger partial charge in [0.2, 0.25) is 5.91 Å². The van der Waals surface area contributed by atoms with Crippen molar-refractivity contribution >= 4 is 11.8 Å². The van der Waals surface area contributed by atoms with E-state index in [1.807, 2.05) is 41.8 Å². The molecular weight excluding hydrogens is 316 g/mol. The molecule has 0 aliphatic carbocycles. The molecule has 0 unspecified atom stereocenters. The quantitative estimate of drug-likeness (QED) is 0.824. The second-order valence-corrected chi connectivity index (χ2v) is 7.27. The molecule has 0 saturated carbocycles. The lowest BCUT2D eigenvalue weighted by atomic mass is 10.1. The summed E-state index contributed by atoms with van der Waals surface area (Å²) in [6.07, 6.45) is 1.39. The first-order chi connectivity index (χ1) is 11.9. The average molecular weight is 346 g/mol. The average Bonchev–Trinajstić information content (AvgIpc) is 2.79. The molecule has 1 aromatic carbocycles. The largest absolute Gasteiger partial charge is 0.484 e. The Morgan fingerprint density at radius 3 is 2.28 bits per heavy atom. The Kier molecular flexibility index (Phi) is 6.85. The third-order valence-corrected chi connectivity index (χ3v) is 4.47. The molecule has 1 aliphatic rings. The molecule has 1 heterocycles. The number of hydrogen-bond acceptors (Lipinski definition) is 3. The Morgan fingerprint density at radius 1 is 1.04 bits per heavy atom. The van der Waals surface area contributed by atoms with Gasteiger partial charge in [-0.25, -0.2) is 0 Å². The highest BCUT2D eigenvalue weighted by atomic mass is 16.5. The maximum absolute atomic E-state index is 12.5. The van der Waals surface area contributed by atoms with Crippen LogP contribution >= 0.6 is 0 Å². The van der Waals surface area contributed by atoms with E-state index in [2.05, 4.69) is 13.8 Å². The zero-order valence-corrected chi connectivity index (χ0v) is 15.9.